The second-order valence-corrected chi connectivity index (χ2v) is 6.30. The summed E-state index contributed by atoms with van der Waals surface area (Å²) >= 11 is 3.59. The van der Waals surface area contributed by atoms with Crippen molar-refractivity contribution in [3.8, 4) is 5.75 Å². The number of benzene rings is 2. The summed E-state index contributed by atoms with van der Waals surface area (Å²) in [4.78, 5) is 0. The monoisotopic (exact) mass is 345 g/mol. The molecule has 0 bridgehead atoms. The van der Waals surface area contributed by atoms with Crippen molar-refractivity contribution >= 4 is 15.9 Å². The van der Waals surface area contributed by atoms with Crippen LogP contribution < -0.4 is 10.1 Å². The van der Waals surface area contributed by atoms with Gasteiger partial charge >= 0.3 is 0 Å². The maximum Gasteiger partial charge on any atom is 0.119 e. The third-order valence-corrected chi connectivity index (χ3v) is 4.77. The van der Waals surface area contributed by atoms with E-state index in [1.54, 1.807) is 0 Å². The molecule has 0 spiro atoms. The lowest BCUT2D eigenvalue weighted by Gasteiger charge is -2.29. The maximum atomic E-state index is 5.99. The Bertz CT molecular complexity index is 626. The fourth-order valence-corrected chi connectivity index (χ4v) is 3.13. The number of ether oxygens (including phenoxy) is 1. The Morgan fingerprint density at radius 2 is 2.10 bits per heavy atom. The fourth-order valence-electron chi connectivity index (χ4n) is 2.74. The molecule has 1 N–H and O–H groups in total. The predicted octanol–water partition coefficient (Wildman–Crippen LogP) is 4.28. The van der Waals surface area contributed by atoms with Gasteiger partial charge in [-0.3, -0.25) is 0 Å². The highest BCUT2D eigenvalue weighted by Gasteiger charge is 2.25. The number of fused-ring (bicyclic) bond motifs is 1. The molecule has 1 atom stereocenters. The Balaban J connectivity index is 1.61. The van der Waals surface area contributed by atoms with E-state index in [4.69, 9.17) is 4.74 Å². The van der Waals surface area contributed by atoms with E-state index in [-0.39, 0.29) is 0 Å². The van der Waals surface area contributed by atoms with E-state index < -0.39 is 0 Å². The normalized spacial score (nSPS) is 16.2. The minimum absolute atomic E-state index is 0.544. The van der Waals surface area contributed by atoms with Crippen molar-refractivity contribution in [2.24, 2.45) is 0 Å². The van der Waals surface area contributed by atoms with Gasteiger partial charge in [-0.15, -0.1) is 0 Å². The van der Waals surface area contributed by atoms with E-state index in [1.807, 2.05) is 6.07 Å². The molecule has 110 valence electrons. The summed E-state index contributed by atoms with van der Waals surface area (Å²) in [5, 5.41) is 3.35. The Hall–Kier alpha value is -1.32. The quantitative estimate of drug-likeness (QED) is 0.843. The smallest absolute Gasteiger partial charge is 0.119 e. The second kappa shape index (κ2) is 6.63. The average molecular weight is 346 g/mol. The van der Waals surface area contributed by atoms with Crippen molar-refractivity contribution in [1.29, 1.82) is 0 Å². The maximum absolute atomic E-state index is 5.99. The molecule has 1 unspecified atom stereocenters. The van der Waals surface area contributed by atoms with Gasteiger partial charge in [-0.2, -0.15) is 0 Å². The lowest BCUT2D eigenvalue weighted by molar-refractivity contribution is 0.275. The zero-order valence-corrected chi connectivity index (χ0v) is 13.8. The molecule has 0 heterocycles. The van der Waals surface area contributed by atoms with Gasteiger partial charge in [0, 0.05) is 16.9 Å². The standard InChI is InChI=1S/C18H20BrNO/c1-2-20-11-14-10-16(7-8-18(14)19)21-12-15-9-13-5-3-4-6-17(13)15/h3-8,10,15,20H,2,9,11-12H2,1H3. The average Bonchev–Trinajstić information content (AvgIpc) is 2.48. The molecule has 0 aliphatic heterocycles. The van der Waals surface area contributed by atoms with Crippen molar-refractivity contribution < 1.29 is 4.74 Å². The zero-order chi connectivity index (χ0) is 14.7. The molecule has 2 aromatic carbocycles. The van der Waals surface area contributed by atoms with Crippen molar-refractivity contribution in [3.05, 3.63) is 63.6 Å². The fraction of sp³-hybridized carbons (Fsp3) is 0.333. The van der Waals surface area contributed by atoms with Crippen LogP contribution in [0.4, 0.5) is 0 Å². The van der Waals surface area contributed by atoms with Crippen molar-refractivity contribution in [3.63, 3.8) is 0 Å². The number of rotatable bonds is 6. The Morgan fingerprint density at radius 3 is 2.90 bits per heavy atom. The van der Waals surface area contributed by atoms with Crippen LogP contribution in [0.25, 0.3) is 0 Å². The van der Waals surface area contributed by atoms with Crippen LogP contribution >= 0.6 is 15.9 Å². The van der Waals surface area contributed by atoms with Gasteiger partial charge in [-0.25, -0.2) is 0 Å². The van der Waals surface area contributed by atoms with E-state index in [2.05, 4.69) is 64.6 Å². The first kappa shape index (κ1) is 14.6. The van der Waals surface area contributed by atoms with E-state index in [0.717, 1.165) is 36.3 Å². The molecular weight excluding hydrogens is 326 g/mol. The lowest BCUT2D eigenvalue weighted by atomic mass is 9.78. The van der Waals surface area contributed by atoms with Gasteiger partial charge in [0.25, 0.3) is 0 Å². The van der Waals surface area contributed by atoms with Gasteiger partial charge < -0.3 is 10.1 Å². The first-order valence-electron chi connectivity index (χ1n) is 7.47. The Labute approximate surface area is 134 Å². The number of hydrogen-bond acceptors (Lipinski definition) is 2. The summed E-state index contributed by atoms with van der Waals surface area (Å²) in [6.07, 6.45) is 1.14. The third-order valence-electron chi connectivity index (χ3n) is 4.00. The topological polar surface area (TPSA) is 21.3 Å². The first-order valence-corrected chi connectivity index (χ1v) is 8.27. The van der Waals surface area contributed by atoms with Gasteiger partial charge in [-0.05, 0) is 47.9 Å². The van der Waals surface area contributed by atoms with Crippen LogP contribution in [0.2, 0.25) is 0 Å². The van der Waals surface area contributed by atoms with Crippen LogP contribution in [-0.2, 0) is 13.0 Å². The van der Waals surface area contributed by atoms with Crippen LogP contribution in [0.5, 0.6) is 5.75 Å². The minimum atomic E-state index is 0.544. The third kappa shape index (κ3) is 3.30. The molecule has 3 rings (SSSR count). The molecule has 0 radical (unpaired) electrons. The summed E-state index contributed by atoms with van der Waals surface area (Å²) in [6.45, 7) is 4.71. The van der Waals surface area contributed by atoms with Crippen LogP contribution in [0, 0.1) is 0 Å². The highest BCUT2D eigenvalue weighted by molar-refractivity contribution is 9.10. The molecule has 0 fully saturated rings. The largest absolute Gasteiger partial charge is 0.493 e. The molecular formula is C18H20BrNO. The molecule has 1 aliphatic rings. The zero-order valence-electron chi connectivity index (χ0n) is 12.2. The Morgan fingerprint density at radius 1 is 1.24 bits per heavy atom. The van der Waals surface area contributed by atoms with E-state index >= 15 is 0 Å². The molecule has 0 aromatic heterocycles. The van der Waals surface area contributed by atoms with Gasteiger partial charge in [0.1, 0.15) is 5.75 Å². The van der Waals surface area contributed by atoms with E-state index in [9.17, 15) is 0 Å². The highest BCUT2D eigenvalue weighted by Crippen LogP contribution is 2.35. The van der Waals surface area contributed by atoms with Gasteiger partial charge in [-0.1, -0.05) is 47.1 Å². The predicted molar refractivity (Wildman–Crippen MR) is 89.9 cm³/mol. The minimum Gasteiger partial charge on any atom is -0.493 e. The number of hydrogen-bond donors (Lipinski definition) is 1. The van der Waals surface area contributed by atoms with Crippen LogP contribution in [0.3, 0.4) is 0 Å². The molecule has 0 saturated carbocycles. The van der Waals surface area contributed by atoms with Crippen LogP contribution in [0.15, 0.2) is 46.9 Å². The van der Waals surface area contributed by atoms with Gasteiger partial charge in [0.05, 0.1) is 6.61 Å². The molecule has 3 heteroatoms. The first-order chi connectivity index (χ1) is 10.3. The summed E-state index contributed by atoms with van der Waals surface area (Å²) in [6, 6.07) is 14.9. The number of nitrogens with one attached hydrogen (secondary N) is 1. The summed E-state index contributed by atoms with van der Waals surface area (Å²) < 4.78 is 7.12. The van der Waals surface area contributed by atoms with E-state index in [0.29, 0.717) is 5.92 Å². The summed E-state index contributed by atoms with van der Waals surface area (Å²) in [5.41, 5.74) is 4.15. The van der Waals surface area contributed by atoms with E-state index in [1.165, 1.54) is 16.7 Å². The molecule has 2 nitrogen and oxygen atoms in total. The molecule has 21 heavy (non-hydrogen) atoms. The van der Waals surface area contributed by atoms with Gasteiger partial charge in [0.15, 0.2) is 0 Å². The summed E-state index contributed by atoms with van der Waals surface area (Å²) in [7, 11) is 0. The molecule has 2 aromatic rings. The summed E-state index contributed by atoms with van der Waals surface area (Å²) in [5.74, 6) is 1.50. The molecule has 0 saturated heterocycles. The van der Waals surface area contributed by atoms with Crippen molar-refractivity contribution in [2.75, 3.05) is 13.2 Å². The Kier molecular flexibility index (Phi) is 4.61. The second-order valence-electron chi connectivity index (χ2n) is 5.44. The van der Waals surface area contributed by atoms with Crippen molar-refractivity contribution in [2.45, 2.75) is 25.8 Å². The lowest BCUT2D eigenvalue weighted by Crippen LogP contribution is -2.23. The SMILES string of the molecule is CCNCc1cc(OCC2Cc3ccccc32)ccc1Br. The molecule has 1 aliphatic carbocycles. The number of halogens is 1. The molecule has 0 amide bonds. The highest BCUT2D eigenvalue weighted by atomic mass is 79.9. The van der Waals surface area contributed by atoms with Crippen LogP contribution in [-0.4, -0.2) is 13.2 Å². The van der Waals surface area contributed by atoms with Crippen LogP contribution in [0.1, 0.15) is 29.5 Å². The van der Waals surface area contributed by atoms with Gasteiger partial charge in [0.2, 0.25) is 0 Å². The van der Waals surface area contributed by atoms with Crippen molar-refractivity contribution in [1.82, 2.24) is 5.32 Å².